The summed E-state index contributed by atoms with van der Waals surface area (Å²) < 4.78 is 0. The molecule has 2 heteroatoms. The highest BCUT2D eigenvalue weighted by molar-refractivity contribution is 6.01. The highest BCUT2D eigenvalue weighted by atomic mass is 16.2. The quantitative estimate of drug-likeness (QED) is 0.702. The van der Waals surface area contributed by atoms with E-state index in [1.165, 1.54) is 0 Å². The first-order chi connectivity index (χ1) is 7.83. The van der Waals surface area contributed by atoms with Crippen LogP contribution in [0.3, 0.4) is 0 Å². The second-order valence-corrected chi connectivity index (χ2v) is 3.71. The maximum atomic E-state index is 11.7. The summed E-state index contributed by atoms with van der Waals surface area (Å²) in [6, 6.07) is 15.9. The van der Waals surface area contributed by atoms with Crippen molar-refractivity contribution in [2.24, 2.45) is 0 Å². The maximum Gasteiger partial charge on any atom is 0.231 e. The zero-order valence-corrected chi connectivity index (χ0v) is 9.39. The van der Waals surface area contributed by atoms with E-state index in [1.807, 2.05) is 60.4 Å². The fraction of sp³-hybridized carbons (Fsp3) is 0.214. The van der Waals surface area contributed by atoms with E-state index < -0.39 is 0 Å². The Balaban J connectivity index is 2.57. The minimum atomic E-state index is 0.189. The van der Waals surface area contributed by atoms with Gasteiger partial charge in [-0.2, -0.15) is 0 Å². The van der Waals surface area contributed by atoms with E-state index in [0.29, 0.717) is 6.42 Å². The number of amides is 1. The molecule has 1 aliphatic heterocycles. The predicted octanol–water partition coefficient (Wildman–Crippen LogP) is 2.72. The van der Waals surface area contributed by atoms with E-state index in [0.717, 1.165) is 17.8 Å². The fourth-order valence-corrected chi connectivity index (χ4v) is 1.92. The van der Waals surface area contributed by atoms with Crippen molar-refractivity contribution in [3.05, 3.63) is 54.1 Å². The normalized spacial score (nSPS) is 13.3. The topological polar surface area (TPSA) is 20.3 Å². The minimum Gasteiger partial charge on any atom is -0.312 e. The Kier molecular flexibility index (Phi) is 3.20. The molecule has 0 saturated carbocycles. The van der Waals surface area contributed by atoms with Crippen LogP contribution in [0.1, 0.15) is 12.5 Å². The van der Waals surface area contributed by atoms with Crippen LogP contribution in [0.25, 0.3) is 0 Å². The molecular weight excluding hydrogens is 198 g/mol. The van der Waals surface area contributed by atoms with Gasteiger partial charge in [0.25, 0.3) is 0 Å². The smallest absolute Gasteiger partial charge is 0.231 e. The molecule has 16 heavy (non-hydrogen) atoms. The molecule has 0 unspecified atom stereocenters. The standard InChI is InChI=1S/C14H15NO/c1-2-15-13-10-8-6-4-3-5-7-9-12(13)11-14(15)16/h3-10H,2,11H2,1H3. The summed E-state index contributed by atoms with van der Waals surface area (Å²) in [4.78, 5) is 13.6. The van der Waals surface area contributed by atoms with Gasteiger partial charge in [0.15, 0.2) is 0 Å². The molecule has 82 valence electrons. The van der Waals surface area contributed by atoms with Crippen LogP contribution in [0.4, 0.5) is 5.69 Å². The van der Waals surface area contributed by atoms with Crippen molar-refractivity contribution in [3.8, 4) is 0 Å². The summed E-state index contributed by atoms with van der Waals surface area (Å²) in [6.07, 6.45) is 0.515. The molecule has 1 aromatic rings. The number of fused-ring (bicyclic) bond motifs is 1. The number of carbonyl (C=O) groups is 1. The Morgan fingerprint density at radius 2 is 1.69 bits per heavy atom. The van der Waals surface area contributed by atoms with Crippen molar-refractivity contribution < 1.29 is 4.79 Å². The first-order valence-electron chi connectivity index (χ1n) is 5.54. The molecular formula is C14H15NO. The van der Waals surface area contributed by atoms with Gasteiger partial charge in [-0.3, -0.25) is 4.79 Å². The highest BCUT2D eigenvalue weighted by Gasteiger charge is 2.23. The number of hydrogen-bond acceptors (Lipinski definition) is 1. The van der Waals surface area contributed by atoms with Crippen molar-refractivity contribution in [3.63, 3.8) is 0 Å². The van der Waals surface area contributed by atoms with E-state index in [4.69, 9.17) is 0 Å². The molecule has 0 radical (unpaired) electrons. The van der Waals surface area contributed by atoms with Crippen LogP contribution in [0.15, 0.2) is 48.5 Å². The first kappa shape index (κ1) is 10.7. The van der Waals surface area contributed by atoms with Gasteiger partial charge in [-0.1, -0.05) is 42.5 Å². The molecule has 0 atom stereocenters. The highest BCUT2D eigenvalue weighted by Crippen LogP contribution is 2.26. The Morgan fingerprint density at radius 3 is 2.38 bits per heavy atom. The molecule has 0 aliphatic carbocycles. The molecule has 1 aromatic carbocycles. The number of nitrogens with zero attached hydrogens (tertiary/aromatic N) is 1. The van der Waals surface area contributed by atoms with Crippen LogP contribution in [-0.4, -0.2) is 12.5 Å². The lowest BCUT2D eigenvalue weighted by atomic mass is 10.2. The molecule has 2 rings (SSSR count). The van der Waals surface area contributed by atoms with Gasteiger partial charge < -0.3 is 4.90 Å². The van der Waals surface area contributed by atoms with Gasteiger partial charge in [0.05, 0.1) is 6.42 Å². The van der Waals surface area contributed by atoms with Crippen LogP contribution >= 0.6 is 0 Å². The summed E-state index contributed by atoms with van der Waals surface area (Å²) in [6.45, 7) is 2.73. The van der Waals surface area contributed by atoms with Gasteiger partial charge in [-0.05, 0) is 18.6 Å². The minimum absolute atomic E-state index is 0.189. The lowest BCUT2D eigenvalue weighted by Gasteiger charge is -2.13. The van der Waals surface area contributed by atoms with E-state index in [-0.39, 0.29) is 5.91 Å². The lowest BCUT2D eigenvalue weighted by molar-refractivity contribution is -0.117. The predicted molar refractivity (Wildman–Crippen MR) is 65.8 cm³/mol. The van der Waals surface area contributed by atoms with Crippen LogP contribution in [0.2, 0.25) is 0 Å². The average Bonchev–Trinajstić information content (AvgIpc) is 2.59. The summed E-state index contributed by atoms with van der Waals surface area (Å²) >= 11 is 0. The van der Waals surface area contributed by atoms with Crippen molar-refractivity contribution in [1.29, 1.82) is 0 Å². The Morgan fingerprint density at radius 1 is 1.06 bits per heavy atom. The van der Waals surface area contributed by atoms with Gasteiger partial charge in [0, 0.05) is 12.2 Å². The molecule has 0 aromatic heterocycles. The summed E-state index contributed by atoms with van der Waals surface area (Å²) in [7, 11) is 0. The molecule has 1 heterocycles. The number of anilines is 1. The number of hydrogen-bond donors (Lipinski definition) is 0. The zero-order valence-electron chi connectivity index (χ0n) is 9.39. The molecule has 2 nitrogen and oxygen atoms in total. The van der Waals surface area contributed by atoms with Crippen LogP contribution in [0, 0.1) is 0 Å². The van der Waals surface area contributed by atoms with Gasteiger partial charge in [0.1, 0.15) is 0 Å². The summed E-state index contributed by atoms with van der Waals surface area (Å²) in [5.41, 5.74) is 2.13. The average molecular weight is 213 g/mol. The van der Waals surface area contributed by atoms with Gasteiger partial charge >= 0.3 is 0 Å². The fourth-order valence-electron chi connectivity index (χ4n) is 1.92. The summed E-state index contributed by atoms with van der Waals surface area (Å²) in [5, 5.41) is 0. The third-order valence-electron chi connectivity index (χ3n) is 2.69. The Hall–Kier alpha value is -1.83. The van der Waals surface area contributed by atoms with Crippen molar-refractivity contribution >= 4 is 11.6 Å². The van der Waals surface area contributed by atoms with Gasteiger partial charge in [-0.25, -0.2) is 0 Å². The van der Waals surface area contributed by atoms with Crippen LogP contribution in [-0.2, 0) is 11.2 Å². The molecule has 0 bridgehead atoms. The van der Waals surface area contributed by atoms with Crippen LogP contribution in [0.5, 0.6) is 0 Å². The molecule has 1 amide bonds. The molecule has 0 fully saturated rings. The summed E-state index contributed by atoms with van der Waals surface area (Å²) in [5.74, 6) is 0.189. The molecule has 1 aliphatic rings. The number of likely N-dealkylation sites (N-methyl/N-ethyl adjacent to an activating group) is 1. The first-order valence-corrected chi connectivity index (χ1v) is 5.54. The lowest BCUT2D eigenvalue weighted by Crippen LogP contribution is -2.25. The number of carbonyl (C=O) groups excluding carboxylic acids is 1. The zero-order chi connectivity index (χ0) is 11.4. The second-order valence-electron chi connectivity index (χ2n) is 3.71. The van der Waals surface area contributed by atoms with Crippen molar-refractivity contribution in [2.75, 3.05) is 11.4 Å². The van der Waals surface area contributed by atoms with E-state index in [9.17, 15) is 4.79 Å². The molecule has 0 saturated heterocycles. The van der Waals surface area contributed by atoms with Gasteiger partial charge in [0.2, 0.25) is 5.91 Å². The van der Waals surface area contributed by atoms with Crippen molar-refractivity contribution in [1.82, 2.24) is 0 Å². The van der Waals surface area contributed by atoms with E-state index >= 15 is 0 Å². The third-order valence-corrected chi connectivity index (χ3v) is 2.69. The van der Waals surface area contributed by atoms with Crippen molar-refractivity contribution in [2.45, 2.75) is 13.3 Å². The monoisotopic (exact) mass is 213 g/mol. The number of rotatable bonds is 1. The third kappa shape index (κ3) is 2.06. The van der Waals surface area contributed by atoms with E-state index in [1.54, 1.807) is 0 Å². The molecule has 0 spiro atoms. The molecule has 0 N–H and O–H groups in total. The Bertz CT molecular complexity index is 452. The van der Waals surface area contributed by atoms with Crippen LogP contribution < -0.4 is 4.90 Å². The van der Waals surface area contributed by atoms with Gasteiger partial charge in [-0.15, -0.1) is 0 Å². The SMILES string of the molecule is CCN1C(=O)Cc2ccccccccc21. The largest absolute Gasteiger partial charge is 0.312 e. The maximum absolute atomic E-state index is 11.7. The second kappa shape index (κ2) is 4.79. The Labute approximate surface area is 95.8 Å². The van der Waals surface area contributed by atoms with E-state index in [2.05, 4.69) is 0 Å².